The van der Waals surface area contributed by atoms with Gasteiger partial charge in [-0.15, -0.1) is 0 Å². The lowest BCUT2D eigenvalue weighted by Crippen LogP contribution is -2.01. The Balaban J connectivity index is 2.52. The second-order valence-electron chi connectivity index (χ2n) is 4.43. The summed E-state index contributed by atoms with van der Waals surface area (Å²) in [6.45, 7) is 5.20. The zero-order valence-electron chi connectivity index (χ0n) is 10.5. The fraction of sp³-hybridized carbons (Fsp3) is 0.571. The number of unbranched alkanes of at least 4 members (excludes halogenated alkanes) is 2. The Morgan fingerprint density at radius 2 is 1.94 bits per heavy atom. The van der Waals surface area contributed by atoms with Crippen molar-refractivity contribution in [3.05, 3.63) is 28.2 Å². The van der Waals surface area contributed by atoms with Crippen molar-refractivity contribution in [2.75, 3.05) is 11.9 Å². The van der Waals surface area contributed by atoms with Gasteiger partial charge >= 0.3 is 0 Å². The molecule has 0 aromatic heterocycles. The predicted molar refractivity (Wildman–Crippen MR) is 81.4 cm³/mol. The van der Waals surface area contributed by atoms with Crippen LogP contribution in [-0.4, -0.2) is 11.9 Å². The van der Waals surface area contributed by atoms with E-state index in [1.165, 1.54) is 18.4 Å². The molecular weight excluding hydrogens is 344 g/mol. The van der Waals surface area contributed by atoms with Crippen LogP contribution >= 0.6 is 31.9 Å². The Bertz CT molecular complexity index is 337. The van der Waals surface area contributed by atoms with Gasteiger partial charge < -0.3 is 4.74 Å². The highest BCUT2D eigenvalue weighted by molar-refractivity contribution is 9.10. The van der Waals surface area contributed by atoms with Gasteiger partial charge in [-0.1, -0.05) is 45.7 Å². The highest BCUT2D eigenvalue weighted by Gasteiger charge is 2.08. The van der Waals surface area contributed by atoms with Crippen molar-refractivity contribution in [2.45, 2.75) is 39.0 Å². The summed E-state index contributed by atoms with van der Waals surface area (Å²) < 4.78 is 6.98. The number of halogens is 2. The molecule has 0 spiro atoms. The van der Waals surface area contributed by atoms with Gasteiger partial charge in [-0.05, 0) is 48.9 Å². The van der Waals surface area contributed by atoms with E-state index in [0.29, 0.717) is 5.92 Å². The van der Waals surface area contributed by atoms with Crippen LogP contribution in [-0.2, 0) is 0 Å². The van der Waals surface area contributed by atoms with E-state index in [-0.39, 0.29) is 0 Å². The summed E-state index contributed by atoms with van der Waals surface area (Å²) in [6.07, 6.45) is 3.57. The van der Waals surface area contributed by atoms with Crippen molar-refractivity contribution in [1.82, 2.24) is 0 Å². The van der Waals surface area contributed by atoms with Crippen LogP contribution < -0.4 is 4.74 Å². The molecule has 1 rings (SSSR count). The summed E-state index contributed by atoms with van der Waals surface area (Å²) in [7, 11) is 0. The third kappa shape index (κ3) is 5.43. The van der Waals surface area contributed by atoms with Crippen LogP contribution in [0.15, 0.2) is 22.7 Å². The minimum Gasteiger partial charge on any atom is -0.493 e. The van der Waals surface area contributed by atoms with Crippen LogP contribution in [0.4, 0.5) is 0 Å². The molecule has 1 aromatic rings. The normalized spacial score (nSPS) is 10.9. The maximum absolute atomic E-state index is 5.86. The number of alkyl halides is 1. The van der Waals surface area contributed by atoms with E-state index in [9.17, 15) is 0 Å². The molecule has 0 aliphatic heterocycles. The van der Waals surface area contributed by atoms with E-state index >= 15 is 0 Å². The number of hydrogen-bond acceptors (Lipinski definition) is 1. The maximum Gasteiger partial charge on any atom is 0.122 e. The van der Waals surface area contributed by atoms with Crippen LogP contribution in [0, 0.1) is 0 Å². The van der Waals surface area contributed by atoms with Gasteiger partial charge in [-0.25, -0.2) is 0 Å². The second kappa shape index (κ2) is 8.15. The SMILES string of the molecule is CC(C)c1cc(Br)ccc1OCCCCCBr. The molecule has 0 aliphatic carbocycles. The molecule has 1 nitrogen and oxygen atoms in total. The predicted octanol–water partition coefficient (Wildman–Crippen LogP) is 5.52. The molecule has 0 saturated heterocycles. The van der Waals surface area contributed by atoms with Gasteiger partial charge in [0.05, 0.1) is 6.61 Å². The molecule has 0 fully saturated rings. The number of ether oxygens (including phenoxy) is 1. The first-order chi connectivity index (χ1) is 8.15. The Hall–Kier alpha value is -0.0200. The topological polar surface area (TPSA) is 9.23 Å². The lowest BCUT2D eigenvalue weighted by atomic mass is 10.0. The minimum absolute atomic E-state index is 0.491. The highest BCUT2D eigenvalue weighted by atomic mass is 79.9. The first-order valence-corrected chi connectivity index (χ1v) is 8.04. The lowest BCUT2D eigenvalue weighted by Gasteiger charge is -2.14. The van der Waals surface area contributed by atoms with E-state index in [1.807, 2.05) is 6.07 Å². The third-order valence-electron chi connectivity index (χ3n) is 2.63. The molecule has 0 atom stereocenters. The molecule has 0 aliphatic rings. The fourth-order valence-electron chi connectivity index (χ4n) is 1.66. The Labute approximate surface area is 121 Å². The second-order valence-corrected chi connectivity index (χ2v) is 6.14. The molecule has 0 N–H and O–H groups in total. The quantitative estimate of drug-likeness (QED) is 0.458. The number of rotatable bonds is 7. The minimum atomic E-state index is 0.491. The highest BCUT2D eigenvalue weighted by Crippen LogP contribution is 2.29. The first kappa shape index (κ1) is 15.0. The molecule has 0 bridgehead atoms. The zero-order chi connectivity index (χ0) is 12.7. The van der Waals surface area contributed by atoms with E-state index in [0.717, 1.165) is 28.6 Å². The molecule has 0 saturated carbocycles. The summed E-state index contributed by atoms with van der Waals surface area (Å²) in [5.41, 5.74) is 1.28. The summed E-state index contributed by atoms with van der Waals surface area (Å²) in [5.74, 6) is 1.52. The van der Waals surface area contributed by atoms with Gasteiger partial charge in [0.2, 0.25) is 0 Å². The average molecular weight is 364 g/mol. The Morgan fingerprint density at radius 3 is 2.59 bits per heavy atom. The summed E-state index contributed by atoms with van der Waals surface area (Å²) in [6, 6.07) is 6.25. The number of benzene rings is 1. The third-order valence-corrected chi connectivity index (χ3v) is 3.68. The fourth-order valence-corrected chi connectivity index (χ4v) is 2.43. The molecule has 0 radical (unpaired) electrons. The summed E-state index contributed by atoms with van der Waals surface area (Å²) in [5, 5.41) is 1.09. The summed E-state index contributed by atoms with van der Waals surface area (Å²) in [4.78, 5) is 0. The van der Waals surface area contributed by atoms with Gasteiger partial charge in [0.25, 0.3) is 0 Å². The van der Waals surface area contributed by atoms with Crippen LogP contribution in [0.3, 0.4) is 0 Å². The Kier molecular flexibility index (Phi) is 7.21. The molecule has 1 aromatic carbocycles. The van der Waals surface area contributed by atoms with Crippen molar-refractivity contribution >= 4 is 31.9 Å². The van der Waals surface area contributed by atoms with E-state index < -0.39 is 0 Å². The number of hydrogen-bond donors (Lipinski definition) is 0. The smallest absolute Gasteiger partial charge is 0.122 e. The van der Waals surface area contributed by atoms with Crippen LogP contribution in [0.2, 0.25) is 0 Å². The van der Waals surface area contributed by atoms with Crippen molar-refractivity contribution in [2.24, 2.45) is 0 Å². The molecule has 0 amide bonds. The molecule has 17 heavy (non-hydrogen) atoms. The van der Waals surface area contributed by atoms with Gasteiger partial charge in [0.15, 0.2) is 0 Å². The zero-order valence-corrected chi connectivity index (χ0v) is 13.7. The van der Waals surface area contributed by atoms with E-state index in [4.69, 9.17) is 4.74 Å². The monoisotopic (exact) mass is 362 g/mol. The largest absolute Gasteiger partial charge is 0.493 e. The first-order valence-electron chi connectivity index (χ1n) is 6.13. The van der Waals surface area contributed by atoms with Crippen molar-refractivity contribution in [3.8, 4) is 5.75 Å². The van der Waals surface area contributed by atoms with Crippen molar-refractivity contribution < 1.29 is 4.74 Å². The average Bonchev–Trinajstić information content (AvgIpc) is 2.30. The standard InChI is InChI=1S/C14H20Br2O/c1-11(2)13-10-12(16)6-7-14(13)17-9-5-3-4-8-15/h6-7,10-11H,3-5,8-9H2,1-2H3. The lowest BCUT2D eigenvalue weighted by molar-refractivity contribution is 0.302. The van der Waals surface area contributed by atoms with Crippen LogP contribution in [0.1, 0.15) is 44.6 Å². The van der Waals surface area contributed by atoms with Gasteiger partial charge in [-0.2, -0.15) is 0 Å². The van der Waals surface area contributed by atoms with Crippen LogP contribution in [0.5, 0.6) is 5.75 Å². The van der Waals surface area contributed by atoms with E-state index in [1.54, 1.807) is 0 Å². The molecular formula is C14H20Br2O. The van der Waals surface area contributed by atoms with Crippen LogP contribution in [0.25, 0.3) is 0 Å². The van der Waals surface area contributed by atoms with Gasteiger partial charge in [-0.3, -0.25) is 0 Å². The van der Waals surface area contributed by atoms with Gasteiger partial charge in [0, 0.05) is 9.80 Å². The van der Waals surface area contributed by atoms with Crippen molar-refractivity contribution in [3.63, 3.8) is 0 Å². The molecule has 96 valence electrons. The maximum atomic E-state index is 5.86. The Morgan fingerprint density at radius 1 is 1.18 bits per heavy atom. The van der Waals surface area contributed by atoms with E-state index in [2.05, 4.69) is 57.8 Å². The molecule has 0 unspecified atom stereocenters. The van der Waals surface area contributed by atoms with Crippen molar-refractivity contribution in [1.29, 1.82) is 0 Å². The molecule has 0 heterocycles. The molecule has 3 heteroatoms. The summed E-state index contributed by atoms with van der Waals surface area (Å²) >= 11 is 6.95. The van der Waals surface area contributed by atoms with Gasteiger partial charge in [0.1, 0.15) is 5.75 Å².